The molecule has 1 unspecified atom stereocenters. The number of fused-ring (bicyclic) bond motifs is 1. The highest BCUT2D eigenvalue weighted by Crippen LogP contribution is 2.21. The zero-order valence-corrected chi connectivity index (χ0v) is 21.2. The summed E-state index contributed by atoms with van der Waals surface area (Å²) in [6, 6.07) is 13.0. The molecular formula is C25H37N3O4S. The van der Waals surface area contributed by atoms with Crippen LogP contribution in [0.1, 0.15) is 49.9 Å². The number of methoxy groups -OCH3 is 1. The minimum Gasteiger partial charge on any atom is -0.443 e. The second kappa shape index (κ2) is 16.9. The highest BCUT2D eigenvalue weighted by atomic mass is 32.2. The molecule has 2 heterocycles. The molecule has 1 N–H and O–H groups in total. The lowest BCUT2D eigenvalue weighted by Crippen LogP contribution is -2.32. The Hall–Kier alpha value is -2.71. The standard InChI is InChI=1S/C11H13NO2S.C8H8N2O.C4H10.C2H6O/c13-9-10-3-5-11(6-4-10)12-7-1-2-8-15(12)14;1-9-6-2-3-7-8(4-6)11-5-10-7;1-3-4-2;1-3-2/h3-6,9H,1-2,7-8H2;2-5,9H,1H3;3-4H2,1-2H3;1-2H3. The molecule has 0 saturated carbocycles. The van der Waals surface area contributed by atoms with Gasteiger partial charge in [0.05, 0.1) is 0 Å². The van der Waals surface area contributed by atoms with Gasteiger partial charge >= 0.3 is 0 Å². The summed E-state index contributed by atoms with van der Waals surface area (Å²) >= 11 is 0. The van der Waals surface area contributed by atoms with Crippen molar-refractivity contribution in [2.75, 3.05) is 43.2 Å². The van der Waals surface area contributed by atoms with Crippen molar-refractivity contribution in [2.45, 2.75) is 39.5 Å². The van der Waals surface area contributed by atoms with Crippen LogP contribution in [0.5, 0.6) is 0 Å². The molecule has 0 spiro atoms. The van der Waals surface area contributed by atoms with E-state index in [9.17, 15) is 9.00 Å². The fourth-order valence-corrected chi connectivity index (χ4v) is 4.03. The second-order valence-corrected chi connectivity index (χ2v) is 8.73. The lowest BCUT2D eigenvalue weighted by atomic mass is 10.2. The Kier molecular flexibility index (Phi) is 14.5. The quantitative estimate of drug-likeness (QED) is 0.487. The average Bonchev–Trinajstić information content (AvgIpc) is 3.33. The molecule has 0 bridgehead atoms. The van der Waals surface area contributed by atoms with Crippen molar-refractivity contribution in [3.8, 4) is 0 Å². The van der Waals surface area contributed by atoms with Gasteiger partial charge in [-0.1, -0.05) is 26.7 Å². The predicted octanol–water partition coefficient (Wildman–Crippen LogP) is 5.70. The van der Waals surface area contributed by atoms with Crippen molar-refractivity contribution in [1.82, 2.24) is 4.98 Å². The van der Waals surface area contributed by atoms with Gasteiger partial charge in [0.1, 0.15) is 22.8 Å². The molecule has 1 aromatic heterocycles. The van der Waals surface area contributed by atoms with Crippen molar-refractivity contribution in [1.29, 1.82) is 0 Å². The Labute approximate surface area is 200 Å². The predicted molar refractivity (Wildman–Crippen MR) is 138 cm³/mol. The lowest BCUT2D eigenvalue weighted by Gasteiger charge is -2.27. The number of ether oxygens (including phenoxy) is 1. The molecule has 8 heteroatoms. The molecule has 0 amide bonds. The van der Waals surface area contributed by atoms with Gasteiger partial charge in [0.25, 0.3) is 0 Å². The van der Waals surface area contributed by atoms with Crippen LogP contribution in [-0.4, -0.2) is 49.0 Å². The largest absolute Gasteiger partial charge is 0.443 e. The highest BCUT2D eigenvalue weighted by Gasteiger charge is 2.17. The van der Waals surface area contributed by atoms with Crippen LogP contribution in [0.15, 0.2) is 53.3 Å². The molecule has 1 atom stereocenters. The molecule has 1 saturated heterocycles. The third-order valence-electron chi connectivity index (χ3n) is 4.61. The van der Waals surface area contributed by atoms with E-state index in [2.05, 4.69) is 28.9 Å². The van der Waals surface area contributed by atoms with Crippen LogP contribution in [0.2, 0.25) is 0 Å². The Morgan fingerprint density at radius 2 is 1.79 bits per heavy atom. The summed E-state index contributed by atoms with van der Waals surface area (Å²) in [5.74, 6) is 0.745. The summed E-state index contributed by atoms with van der Waals surface area (Å²) in [6.07, 6.45) is 7.03. The number of hydrogen-bond donors (Lipinski definition) is 1. The van der Waals surface area contributed by atoms with Crippen LogP contribution in [0.4, 0.5) is 11.4 Å². The van der Waals surface area contributed by atoms with E-state index in [1.165, 1.54) is 19.2 Å². The van der Waals surface area contributed by atoms with Crippen LogP contribution >= 0.6 is 0 Å². The monoisotopic (exact) mass is 475 g/mol. The Morgan fingerprint density at radius 3 is 2.33 bits per heavy atom. The molecule has 1 fully saturated rings. The number of nitrogens with one attached hydrogen (secondary N) is 1. The molecule has 33 heavy (non-hydrogen) atoms. The van der Waals surface area contributed by atoms with Gasteiger partial charge in [-0.25, -0.2) is 9.19 Å². The van der Waals surface area contributed by atoms with E-state index < -0.39 is 11.0 Å². The molecule has 3 aromatic rings. The zero-order valence-electron chi connectivity index (χ0n) is 20.4. The molecule has 0 radical (unpaired) electrons. The highest BCUT2D eigenvalue weighted by molar-refractivity contribution is 7.86. The van der Waals surface area contributed by atoms with E-state index in [-0.39, 0.29) is 0 Å². The summed E-state index contributed by atoms with van der Waals surface area (Å²) < 4.78 is 23.0. The molecular weight excluding hydrogens is 438 g/mol. The molecule has 1 aliphatic heterocycles. The minimum atomic E-state index is -0.893. The van der Waals surface area contributed by atoms with Gasteiger partial charge in [0.2, 0.25) is 0 Å². The molecule has 4 rings (SSSR count). The van der Waals surface area contributed by atoms with Crippen molar-refractivity contribution in [3.05, 3.63) is 54.4 Å². The average molecular weight is 476 g/mol. The Balaban J connectivity index is 0.000000265. The molecule has 1 aliphatic rings. The van der Waals surface area contributed by atoms with E-state index in [0.717, 1.165) is 53.9 Å². The van der Waals surface area contributed by atoms with Gasteiger partial charge in [-0.05, 0) is 49.2 Å². The van der Waals surface area contributed by atoms with E-state index in [4.69, 9.17) is 4.42 Å². The summed E-state index contributed by atoms with van der Waals surface area (Å²) in [6.45, 7) is 5.20. The van der Waals surface area contributed by atoms with Gasteiger partial charge in [0, 0.05) is 56.6 Å². The van der Waals surface area contributed by atoms with Gasteiger partial charge in [-0.3, -0.25) is 9.10 Å². The van der Waals surface area contributed by atoms with Crippen LogP contribution in [0, 0.1) is 0 Å². The fraction of sp³-hybridized carbons (Fsp3) is 0.440. The number of carbonyl (C=O) groups excluding carboxylic acids is 1. The number of carbonyl (C=O) groups is 1. The first kappa shape index (κ1) is 28.3. The number of hydrogen-bond acceptors (Lipinski definition) is 6. The minimum absolute atomic E-state index is 0.654. The van der Waals surface area contributed by atoms with Gasteiger partial charge < -0.3 is 14.5 Å². The van der Waals surface area contributed by atoms with E-state index in [1.807, 2.05) is 41.7 Å². The molecule has 7 nitrogen and oxygen atoms in total. The van der Waals surface area contributed by atoms with Gasteiger partial charge in [-0.15, -0.1) is 0 Å². The topological polar surface area (TPSA) is 84.7 Å². The maximum Gasteiger partial charge on any atom is 0.181 e. The first-order valence-electron chi connectivity index (χ1n) is 11.2. The van der Waals surface area contributed by atoms with Crippen molar-refractivity contribution >= 4 is 39.7 Å². The second-order valence-electron chi connectivity index (χ2n) is 7.24. The number of aromatic nitrogens is 1. The SMILES string of the molecule is CCCC.CNc1ccc2ncoc2c1.COC.O=Cc1ccc(N2CCCCS2=O)cc1. The summed E-state index contributed by atoms with van der Waals surface area (Å²) in [7, 11) is 4.23. The van der Waals surface area contributed by atoms with Crippen LogP contribution < -0.4 is 9.62 Å². The van der Waals surface area contributed by atoms with Crippen molar-refractivity contribution < 1.29 is 18.2 Å². The number of rotatable bonds is 4. The molecule has 0 aliphatic carbocycles. The van der Waals surface area contributed by atoms with Crippen LogP contribution in [0.3, 0.4) is 0 Å². The number of nitrogens with zero attached hydrogens (tertiary/aromatic N) is 2. The fourth-order valence-electron chi connectivity index (χ4n) is 2.67. The number of aldehydes is 1. The summed E-state index contributed by atoms with van der Waals surface area (Å²) in [5.41, 5.74) is 4.34. The van der Waals surface area contributed by atoms with Gasteiger partial charge in [0.15, 0.2) is 12.0 Å². The number of unbranched alkanes of at least 4 members (excludes halogenated alkanes) is 1. The van der Waals surface area contributed by atoms with Crippen molar-refractivity contribution in [2.24, 2.45) is 0 Å². The summed E-state index contributed by atoms with van der Waals surface area (Å²) in [5, 5.41) is 3.02. The van der Waals surface area contributed by atoms with E-state index in [0.29, 0.717) is 5.56 Å². The summed E-state index contributed by atoms with van der Waals surface area (Å²) in [4.78, 5) is 14.5. The smallest absolute Gasteiger partial charge is 0.181 e. The van der Waals surface area contributed by atoms with Crippen LogP contribution in [0.25, 0.3) is 11.1 Å². The molecule has 182 valence electrons. The van der Waals surface area contributed by atoms with Crippen LogP contribution in [-0.2, 0) is 15.7 Å². The normalized spacial score (nSPS) is 14.6. The lowest BCUT2D eigenvalue weighted by molar-refractivity contribution is 0.112. The third-order valence-corrected chi connectivity index (χ3v) is 6.14. The molecule has 2 aromatic carbocycles. The number of oxazole rings is 1. The Morgan fingerprint density at radius 1 is 1.12 bits per heavy atom. The van der Waals surface area contributed by atoms with E-state index >= 15 is 0 Å². The third kappa shape index (κ3) is 10.2. The maximum atomic E-state index is 11.7. The van der Waals surface area contributed by atoms with E-state index in [1.54, 1.807) is 26.4 Å². The number of benzene rings is 2. The maximum absolute atomic E-state index is 11.7. The first-order valence-corrected chi connectivity index (χ1v) is 12.4. The van der Waals surface area contributed by atoms with Crippen molar-refractivity contribution in [3.63, 3.8) is 0 Å². The zero-order chi connectivity index (χ0) is 24.5. The first-order chi connectivity index (χ1) is 16.0. The Bertz CT molecular complexity index is 942. The number of anilines is 2. The van der Waals surface area contributed by atoms with Gasteiger partial charge in [-0.2, -0.15) is 0 Å².